The van der Waals surface area contributed by atoms with Crippen LogP contribution in [0.25, 0.3) is 0 Å². The first-order valence-electron chi connectivity index (χ1n) is 10.2. The van der Waals surface area contributed by atoms with E-state index in [1.54, 1.807) is 6.92 Å². The van der Waals surface area contributed by atoms with Crippen LogP contribution in [0.15, 0.2) is 59.6 Å². The molecule has 0 aliphatic carbocycles. The molecule has 0 bridgehead atoms. The van der Waals surface area contributed by atoms with Gasteiger partial charge in [0.15, 0.2) is 5.96 Å². The van der Waals surface area contributed by atoms with Gasteiger partial charge in [-0.2, -0.15) is 0 Å². The summed E-state index contributed by atoms with van der Waals surface area (Å²) in [6.07, 6.45) is 0. The number of nitrogens with one attached hydrogen (secondary N) is 1. The second kappa shape index (κ2) is 10.5. The number of aliphatic imine (C=N–C) groups is 1. The molecular weight excluding hydrogens is 364 g/mol. The Morgan fingerprint density at radius 2 is 1.69 bits per heavy atom. The highest BCUT2D eigenvalue weighted by Crippen LogP contribution is 2.16. The highest BCUT2D eigenvalue weighted by molar-refractivity contribution is 5.80. The average Bonchev–Trinajstić information content (AvgIpc) is 2.76. The van der Waals surface area contributed by atoms with E-state index in [1.807, 2.05) is 41.3 Å². The van der Waals surface area contributed by atoms with Gasteiger partial charge < -0.3 is 19.9 Å². The molecule has 154 valence electrons. The Bertz CT molecular complexity index is 815. The van der Waals surface area contributed by atoms with Crippen LogP contribution < -0.4 is 10.1 Å². The van der Waals surface area contributed by atoms with Crippen molar-refractivity contribution >= 4 is 11.9 Å². The maximum Gasteiger partial charge on any atom is 0.219 e. The minimum atomic E-state index is 0.138. The summed E-state index contributed by atoms with van der Waals surface area (Å²) < 4.78 is 5.93. The number of benzene rings is 2. The van der Waals surface area contributed by atoms with Gasteiger partial charge in [-0.25, -0.2) is 4.99 Å². The zero-order valence-corrected chi connectivity index (χ0v) is 17.3. The summed E-state index contributed by atoms with van der Waals surface area (Å²) in [6, 6.07) is 18.2. The van der Waals surface area contributed by atoms with Crippen LogP contribution in [0.4, 0.5) is 0 Å². The van der Waals surface area contributed by atoms with E-state index in [0.717, 1.165) is 55.6 Å². The Morgan fingerprint density at radius 3 is 2.38 bits per heavy atom. The Hall–Kier alpha value is -3.02. The van der Waals surface area contributed by atoms with Crippen molar-refractivity contribution < 1.29 is 9.53 Å². The number of ether oxygens (including phenoxy) is 1. The van der Waals surface area contributed by atoms with Gasteiger partial charge in [0.05, 0.1) is 6.54 Å². The van der Waals surface area contributed by atoms with Gasteiger partial charge in [0.2, 0.25) is 5.91 Å². The van der Waals surface area contributed by atoms with Crippen LogP contribution >= 0.6 is 0 Å². The molecule has 1 aliphatic heterocycles. The second-order valence-electron chi connectivity index (χ2n) is 7.08. The van der Waals surface area contributed by atoms with Gasteiger partial charge in [0.25, 0.3) is 0 Å². The van der Waals surface area contributed by atoms with Gasteiger partial charge in [0, 0.05) is 39.6 Å². The third-order valence-corrected chi connectivity index (χ3v) is 4.92. The zero-order chi connectivity index (χ0) is 20.5. The Labute approximate surface area is 173 Å². The first-order valence-corrected chi connectivity index (χ1v) is 10.2. The van der Waals surface area contributed by atoms with E-state index in [-0.39, 0.29) is 5.91 Å². The quantitative estimate of drug-likeness (QED) is 0.605. The van der Waals surface area contributed by atoms with Crippen molar-refractivity contribution in [2.45, 2.75) is 27.0 Å². The van der Waals surface area contributed by atoms with E-state index in [1.165, 1.54) is 0 Å². The van der Waals surface area contributed by atoms with Crippen molar-refractivity contribution in [3.63, 3.8) is 0 Å². The Balaban J connectivity index is 1.59. The van der Waals surface area contributed by atoms with E-state index in [2.05, 4.69) is 35.3 Å². The predicted molar refractivity (Wildman–Crippen MR) is 116 cm³/mol. The van der Waals surface area contributed by atoms with Gasteiger partial charge in [-0.3, -0.25) is 4.79 Å². The molecule has 6 heteroatoms. The number of carbonyl (C=O) groups is 1. The SMILES string of the molecule is CCNC(=NCc1cccc(OCc2ccccc2)c1)N1CCN(C(C)=O)CC1. The molecule has 0 radical (unpaired) electrons. The smallest absolute Gasteiger partial charge is 0.219 e. The summed E-state index contributed by atoms with van der Waals surface area (Å²) >= 11 is 0. The number of carbonyl (C=O) groups excluding carboxylic acids is 1. The molecule has 1 aliphatic rings. The number of piperazine rings is 1. The van der Waals surface area contributed by atoms with Gasteiger partial charge >= 0.3 is 0 Å². The van der Waals surface area contributed by atoms with Crippen LogP contribution in [0.2, 0.25) is 0 Å². The molecule has 1 amide bonds. The molecule has 2 aromatic rings. The normalized spacial score (nSPS) is 14.6. The lowest BCUT2D eigenvalue weighted by Gasteiger charge is -2.36. The highest BCUT2D eigenvalue weighted by atomic mass is 16.5. The lowest BCUT2D eigenvalue weighted by Crippen LogP contribution is -2.53. The van der Waals surface area contributed by atoms with Crippen LogP contribution in [-0.2, 0) is 17.9 Å². The molecular formula is C23H30N4O2. The lowest BCUT2D eigenvalue weighted by atomic mass is 10.2. The largest absolute Gasteiger partial charge is 0.489 e. The van der Waals surface area contributed by atoms with Gasteiger partial charge in [0.1, 0.15) is 12.4 Å². The lowest BCUT2D eigenvalue weighted by molar-refractivity contribution is -0.130. The number of amides is 1. The van der Waals surface area contributed by atoms with Crippen molar-refractivity contribution in [2.24, 2.45) is 4.99 Å². The third kappa shape index (κ3) is 6.24. The van der Waals surface area contributed by atoms with E-state index in [4.69, 9.17) is 9.73 Å². The van der Waals surface area contributed by atoms with Crippen molar-refractivity contribution in [3.05, 3.63) is 65.7 Å². The average molecular weight is 395 g/mol. The summed E-state index contributed by atoms with van der Waals surface area (Å²) in [7, 11) is 0. The summed E-state index contributed by atoms with van der Waals surface area (Å²) in [5, 5.41) is 3.37. The predicted octanol–water partition coefficient (Wildman–Crippen LogP) is 2.90. The fraction of sp³-hybridized carbons (Fsp3) is 0.391. The number of rotatable bonds is 6. The summed E-state index contributed by atoms with van der Waals surface area (Å²) in [5.74, 6) is 1.88. The standard InChI is InChI=1S/C23H30N4O2/c1-3-24-23(27-14-12-26(13-15-27)19(2)28)25-17-21-10-7-11-22(16-21)29-18-20-8-5-4-6-9-20/h4-11,16H,3,12-15,17-18H2,1-2H3,(H,24,25). The Morgan fingerprint density at radius 1 is 1.00 bits per heavy atom. The van der Waals surface area contributed by atoms with E-state index in [0.29, 0.717) is 13.2 Å². The summed E-state index contributed by atoms with van der Waals surface area (Å²) in [5.41, 5.74) is 2.25. The molecule has 0 unspecified atom stereocenters. The van der Waals surface area contributed by atoms with E-state index < -0.39 is 0 Å². The van der Waals surface area contributed by atoms with Crippen LogP contribution in [-0.4, -0.2) is 54.4 Å². The fourth-order valence-electron chi connectivity index (χ4n) is 3.30. The van der Waals surface area contributed by atoms with Crippen LogP contribution in [0, 0.1) is 0 Å². The first kappa shape index (κ1) is 20.7. The van der Waals surface area contributed by atoms with Crippen LogP contribution in [0.3, 0.4) is 0 Å². The molecule has 0 saturated carbocycles. The second-order valence-corrected chi connectivity index (χ2v) is 7.08. The third-order valence-electron chi connectivity index (χ3n) is 4.92. The van der Waals surface area contributed by atoms with Crippen molar-refractivity contribution in [1.82, 2.24) is 15.1 Å². The summed E-state index contributed by atoms with van der Waals surface area (Å²) in [6.45, 7) is 8.71. The molecule has 6 nitrogen and oxygen atoms in total. The highest BCUT2D eigenvalue weighted by Gasteiger charge is 2.20. The van der Waals surface area contributed by atoms with Gasteiger partial charge in [-0.05, 0) is 30.2 Å². The van der Waals surface area contributed by atoms with Crippen LogP contribution in [0.1, 0.15) is 25.0 Å². The number of guanidine groups is 1. The van der Waals surface area contributed by atoms with E-state index >= 15 is 0 Å². The summed E-state index contributed by atoms with van der Waals surface area (Å²) in [4.78, 5) is 20.4. The monoisotopic (exact) mass is 394 g/mol. The number of hydrogen-bond acceptors (Lipinski definition) is 3. The van der Waals surface area contributed by atoms with Crippen molar-refractivity contribution in [2.75, 3.05) is 32.7 Å². The van der Waals surface area contributed by atoms with Crippen molar-refractivity contribution in [3.8, 4) is 5.75 Å². The molecule has 0 aromatic heterocycles. The molecule has 3 rings (SSSR count). The van der Waals surface area contributed by atoms with E-state index in [9.17, 15) is 4.79 Å². The Kier molecular flexibility index (Phi) is 7.50. The van der Waals surface area contributed by atoms with Gasteiger partial charge in [-0.1, -0.05) is 42.5 Å². The first-order chi connectivity index (χ1) is 14.2. The number of nitrogens with zero attached hydrogens (tertiary/aromatic N) is 3. The minimum Gasteiger partial charge on any atom is -0.489 e. The maximum atomic E-state index is 11.5. The molecule has 0 spiro atoms. The molecule has 1 heterocycles. The topological polar surface area (TPSA) is 57.2 Å². The zero-order valence-electron chi connectivity index (χ0n) is 17.3. The minimum absolute atomic E-state index is 0.138. The fourth-order valence-corrected chi connectivity index (χ4v) is 3.30. The number of hydrogen-bond donors (Lipinski definition) is 1. The molecule has 1 fully saturated rings. The molecule has 1 saturated heterocycles. The molecule has 0 atom stereocenters. The molecule has 1 N–H and O–H groups in total. The van der Waals surface area contributed by atoms with Crippen LogP contribution in [0.5, 0.6) is 5.75 Å². The maximum absolute atomic E-state index is 11.5. The molecule has 29 heavy (non-hydrogen) atoms. The molecule has 2 aromatic carbocycles. The van der Waals surface area contributed by atoms with Gasteiger partial charge in [-0.15, -0.1) is 0 Å². The van der Waals surface area contributed by atoms with Crippen molar-refractivity contribution in [1.29, 1.82) is 0 Å².